The lowest BCUT2D eigenvalue weighted by Crippen LogP contribution is -2.22. The molecule has 0 aliphatic carbocycles. The van der Waals surface area contributed by atoms with Gasteiger partial charge in [0.05, 0.1) is 15.5 Å². The highest BCUT2D eigenvalue weighted by Crippen LogP contribution is 2.23. The van der Waals surface area contributed by atoms with E-state index in [0.717, 1.165) is 22.4 Å². The number of hydrogen-bond donors (Lipinski definition) is 0. The first-order valence-electron chi connectivity index (χ1n) is 8.18. The lowest BCUT2D eigenvalue weighted by atomic mass is 10.1. The Hall–Kier alpha value is -2.22. The second-order valence-electron chi connectivity index (χ2n) is 5.98. The van der Waals surface area contributed by atoms with Gasteiger partial charge in [-0.3, -0.25) is 4.79 Å². The molecule has 0 radical (unpaired) electrons. The van der Waals surface area contributed by atoms with E-state index < -0.39 is 22.6 Å². The van der Waals surface area contributed by atoms with Crippen LogP contribution in [0.1, 0.15) is 33.2 Å². The van der Waals surface area contributed by atoms with Crippen LogP contribution in [0.25, 0.3) is 0 Å². The first kappa shape index (κ1) is 21.1. The molecule has 6 nitrogen and oxygen atoms in total. The smallest absolute Gasteiger partial charge is 0.340 e. The summed E-state index contributed by atoms with van der Waals surface area (Å²) >= 11 is 5.99. The molecule has 2 aromatic carbocycles. The van der Waals surface area contributed by atoms with Crippen molar-refractivity contribution in [3.05, 3.63) is 64.2 Å². The van der Waals surface area contributed by atoms with Gasteiger partial charge in [0.1, 0.15) is 0 Å². The maximum atomic E-state index is 12.3. The largest absolute Gasteiger partial charge is 0.454 e. The van der Waals surface area contributed by atoms with E-state index >= 15 is 0 Å². The molecule has 0 fully saturated rings. The molecule has 0 unspecified atom stereocenters. The van der Waals surface area contributed by atoms with Crippen molar-refractivity contribution in [1.82, 2.24) is 4.31 Å². The maximum absolute atomic E-state index is 12.3. The van der Waals surface area contributed by atoms with Gasteiger partial charge in [-0.25, -0.2) is 17.5 Å². The van der Waals surface area contributed by atoms with Crippen molar-refractivity contribution in [2.45, 2.75) is 18.2 Å². The lowest BCUT2D eigenvalue weighted by Gasteiger charge is -2.13. The predicted octanol–water partition coefficient (Wildman–Crippen LogP) is 3.19. The van der Waals surface area contributed by atoms with E-state index in [2.05, 4.69) is 0 Å². The van der Waals surface area contributed by atoms with Crippen LogP contribution in [0.4, 0.5) is 0 Å². The normalized spacial score (nSPS) is 11.4. The molecule has 0 saturated carbocycles. The van der Waals surface area contributed by atoms with Crippen molar-refractivity contribution in [2.24, 2.45) is 0 Å². The number of benzene rings is 2. The molecule has 27 heavy (non-hydrogen) atoms. The van der Waals surface area contributed by atoms with E-state index in [0.29, 0.717) is 5.56 Å². The Morgan fingerprint density at radius 2 is 1.70 bits per heavy atom. The second kappa shape index (κ2) is 8.65. The zero-order valence-corrected chi connectivity index (χ0v) is 16.8. The van der Waals surface area contributed by atoms with Crippen molar-refractivity contribution in [3.8, 4) is 0 Å². The third-order valence-electron chi connectivity index (χ3n) is 3.95. The van der Waals surface area contributed by atoms with Crippen molar-refractivity contribution >= 4 is 33.4 Å². The highest BCUT2D eigenvalue weighted by atomic mass is 35.5. The summed E-state index contributed by atoms with van der Waals surface area (Å²) in [7, 11) is -0.972. The Morgan fingerprint density at radius 3 is 2.26 bits per heavy atom. The van der Waals surface area contributed by atoms with E-state index in [1.807, 2.05) is 19.1 Å². The molecule has 0 N–H and O–H groups in total. The number of carbonyl (C=O) groups excluding carboxylic acids is 2. The number of Topliss-reactive ketones (excluding diaryl/α,β-unsaturated/α-hetero) is 1. The van der Waals surface area contributed by atoms with E-state index in [9.17, 15) is 18.0 Å². The van der Waals surface area contributed by atoms with Crippen molar-refractivity contribution in [1.29, 1.82) is 0 Å². The van der Waals surface area contributed by atoms with Gasteiger partial charge in [-0.1, -0.05) is 42.8 Å². The SMILES string of the molecule is CCc1ccc(C(=O)COC(=O)c2cc(S(=O)(=O)N(C)C)ccc2Cl)cc1. The van der Waals surface area contributed by atoms with Gasteiger partial charge in [-0.05, 0) is 30.2 Å². The zero-order valence-electron chi connectivity index (χ0n) is 15.2. The van der Waals surface area contributed by atoms with Gasteiger partial charge in [0.15, 0.2) is 12.4 Å². The van der Waals surface area contributed by atoms with E-state index in [4.69, 9.17) is 16.3 Å². The Kier molecular flexibility index (Phi) is 6.75. The summed E-state index contributed by atoms with van der Waals surface area (Å²) < 4.78 is 30.4. The number of esters is 1. The van der Waals surface area contributed by atoms with Crippen LogP contribution in [0, 0.1) is 0 Å². The third kappa shape index (κ3) is 4.94. The Bertz CT molecular complexity index is 953. The predicted molar refractivity (Wildman–Crippen MR) is 103 cm³/mol. The summed E-state index contributed by atoms with van der Waals surface area (Å²) in [6.45, 7) is 1.54. The van der Waals surface area contributed by atoms with Crippen LogP contribution in [-0.2, 0) is 21.2 Å². The molecule has 0 aromatic heterocycles. The van der Waals surface area contributed by atoms with Crippen LogP contribution in [0.2, 0.25) is 5.02 Å². The average molecular weight is 410 g/mol. The molecule has 0 saturated heterocycles. The number of aryl methyl sites for hydroxylation is 1. The minimum Gasteiger partial charge on any atom is -0.454 e. The number of ketones is 1. The van der Waals surface area contributed by atoms with Gasteiger partial charge in [-0.2, -0.15) is 0 Å². The van der Waals surface area contributed by atoms with Gasteiger partial charge in [0, 0.05) is 19.7 Å². The van der Waals surface area contributed by atoms with Crippen LogP contribution in [0.15, 0.2) is 47.4 Å². The average Bonchev–Trinajstić information content (AvgIpc) is 2.65. The maximum Gasteiger partial charge on any atom is 0.340 e. The summed E-state index contributed by atoms with van der Waals surface area (Å²) in [6.07, 6.45) is 0.855. The number of carbonyl (C=O) groups is 2. The van der Waals surface area contributed by atoms with Gasteiger partial charge >= 0.3 is 5.97 Å². The number of sulfonamides is 1. The van der Waals surface area contributed by atoms with Gasteiger partial charge in [0.2, 0.25) is 10.0 Å². The molecule has 0 amide bonds. The van der Waals surface area contributed by atoms with Crippen LogP contribution >= 0.6 is 11.6 Å². The van der Waals surface area contributed by atoms with E-state index in [1.165, 1.54) is 26.2 Å². The number of halogens is 1. The summed E-state index contributed by atoms with van der Waals surface area (Å²) in [5, 5.41) is 0.0393. The Labute approximate surface area is 163 Å². The van der Waals surface area contributed by atoms with E-state index in [-0.39, 0.29) is 21.3 Å². The lowest BCUT2D eigenvalue weighted by molar-refractivity contribution is 0.0474. The minimum atomic E-state index is -3.73. The molecular formula is C19H20ClNO5S. The van der Waals surface area contributed by atoms with Gasteiger partial charge in [-0.15, -0.1) is 0 Å². The first-order chi connectivity index (χ1) is 12.7. The second-order valence-corrected chi connectivity index (χ2v) is 8.54. The van der Waals surface area contributed by atoms with Gasteiger partial charge < -0.3 is 4.74 Å². The quantitative estimate of drug-likeness (QED) is 0.518. The summed E-state index contributed by atoms with van der Waals surface area (Å²) in [4.78, 5) is 24.4. The monoisotopic (exact) mass is 409 g/mol. The van der Waals surface area contributed by atoms with Crippen molar-refractivity contribution in [2.75, 3.05) is 20.7 Å². The van der Waals surface area contributed by atoms with Crippen LogP contribution < -0.4 is 0 Å². The number of hydrogen-bond acceptors (Lipinski definition) is 5. The molecule has 0 aliphatic rings. The Morgan fingerprint density at radius 1 is 1.07 bits per heavy atom. The highest BCUT2D eigenvalue weighted by Gasteiger charge is 2.22. The van der Waals surface area contributed by atoms with E-state index in [1.54, 1.807) is 12.1 Å². The minimum absolute atomic E-state index is 0.0393. The van der Waals surface area contributed by atoms with Crippen molar-refractivity contribution < 1.29 is 22.7 Å². The molecular weight excluding hydrogens is 390 g/mol. The number of rotatable bonds is 7. The van der Waals surface area contributed by atoms with Crippen LogP contribution in [0.5, 0.6) is 0 Å². The molecule has 0 aliphatic heterocycles. The molecule has 0 heterocycles. The topological polar surface area (TPSA) is 80.8 Å². The Balaban J connectivity index is 2.14. The molecule has 144 valence electrons. The first-order valence-corrected chi connectivity index (χ1v) is 10.00. The fraction of sp³-hybridized carbons (Fsp3) is 0.263. The molecule has 8 heteroatoms. The molecule has 2 rings (SSSR count). The van der Waals surface area contributed by atoms with Crippen molar-refractivity contribution in [3.63, 3.8) is 0 Å². The third-order valence-corrected chi connectivity index (χ3v) is 6.10. The molecule has 2 aromatic rings. The fourth-order valence-corrected chi connectivity index (χ4v) is 3.37. The standard InChI is InChI=1S/C19H20ClNO5S/c1-4-13-5-7-14(8-6-13)18(22)12-26-19(23)16-11-15(9-10-17(16)20)27(24,25)21(2)3/h5-11H,4,12H2,1-3H3. The molecule has 0 bridgehead atoms. The number of ether oxygens (including phenoxy) is 1. The number of nitrogens with zero attached hydrogens (tertiary/aromatic N) is 1. The fourth-order valence-electron chi connectivity index (χ4n) is 2.25. The highest BCUT2D eigenvalue weighted by molar-refractivity contribution is 7.89. The molecule has 0 atom stereocenters. The molecule has 0 spiro atoms. The summed E-state index contributed by atoms with van der Waals surface area (Å²) in [5.41, 5.74) is 1.40. The summed E-state index contributed by atoms with van der Waals surface area (Å²) in [5.74, 6) is -1.23. The van der Waals surface area contributed by atoms with Gasteiger partial charge in [0.25, 0.3) is 0 Å². The van der Waals surface area contributed by atoms with Crippen LogP contribution in [-0.4, -0.2) is 45.2 Å². The summed E-state index contributed by atoms with van der Waals surface area (Å²) in [6, 6.07) is 10.8. The van der Waals surface area contributed by atoms with Crippen LogP contribution in [0.3, 0.4) is 0 Å². The zero-order chi connectivity index (χ0) is 20.2.